The lowest BCUT2D eigenvalue weighted by molar-refractivity contribution is 0.383. The van der Waals surface area contributed by atoms with Gasteiger partial charge in [0.25, 0.3) is 0 Å². The van der Waals surface area contributed by atoms with Gasteiger partial charge < -0.3 is 4.52 Å². The van der Waals surface area contributed by atoms with Gasteiger partial charge in [-0.05, 0) is 6.92 Å². The van der Waals surface area contributed by atoms with E-state index in [1.165, 1.54) is 0 Å². The zero-order valence-corrected chi connectivity index (χ0v) is 6.65. The number of thioether (sulfide) groups is 1. The predicted octanol–water partition coefficient (Wildman–Crippen LogP) is 2.26. The van der Waals surface area contributed by atoms with Gasteiger partial charge in [-0.1, -0.05) is 23.0 Å². The number of nitrogens with zero attached hydrogens (tertiary/aromatic N) is 1. The van der Waals surface area contributed by atoms with Crippen molar-refractivity contribution in [2.45, 2.75) is 11.9 Å². The second-order valence-electron chi connectivity index (χ2n) is 1.88. The number of aryl methyl sites for hydroxylation is 1. The van der Waals surface area contributed by atoms with Gasteiger partial charge in [-0.25, -0.2) is 0 Å². The fourth-order valence-electron chi connectivity index (χ4n) is 0.556. The van der Waals surface area contributed by atoms with Gasteiger partial charge in [0.05, 0.1) is 0 Å². The molecule has 0 saturated heterocycles. The molecule has 0 aromatic carbocycles. The van der Waals surface area contributed by atoms with Crippen LogP contribution in [0.2, 0.25) is 0 Å². The maximum atomic E-state index is 4.86. The zero-order chi connectivity index (χ0) is 7.40. The summed E-state index contributed by atoms with van der Waals surface area (Å²) in [4.78, 5) is 0. The van der Waals surface area contributed by atoms with Crippen molar-refractivity contribution >= 4 is 11.8 Å². The Balaban J connectivity index is 2.49. The van der Waals surface area contributed by atoms with Crippen LogP contribution in [0, 0.1) is 6.92 Å². The molecule has 1 aromatic heterocycles. The van der Waals surface area contributed by atoms with Crippen LogP contribution in [0.3, 0.4) is 0 Å². The zero-order valence-electron chi connectivity index (χ0n) is 5.83. The Kier molecular flexibility index (Phi) is 2.57. The third kappa shape index (κ3) is 1.92. The molecule has 0 saturated carbocycles. The van der Waals surface area contributed by atoms with Gasteiger partial charge >= 0.3 is 0 Å². The highest BCUT2D eigenvalue weighted by molar-refractivity contribution is 7.99. The van der Waals surface area contributed by atoms with Crippen LogP contribution in [0.1, 0.15) is 5.76 Å². The average Bonchev–Trinajstić information content (AvgIpc) is 2.31. The smallest absolute Gasteiger partial charge is 0.140 e. The van der Waals surface area contributed by atoms with Gasteiger partial charge in [-0.15, -0.1) is 6.58 Å². The first kappa shape index (κ1) is 7.41. The summed E-state index contributed by atoms with van der Waals surface area (Å²) in [5.41, 5.74) is 0. The quantitative estimate of drug-likeness (QED) is 0.494. The fraction of sp³-hybridized carbons (Fsp3) is 0.286. The largest absolute Gasteiger partial charge is 0.361 e. The van der Waals surface area contributed by atoms with Gasteiger partial charge in [0.2, 0.25) is 0 Å². The summed E-state index contributed by atoms with van der Waals surface area (Å²) in [7, 11) is 0. The third-order valence-electron chi connectivity index (χ3n) is 0.955. The third-order valence-corrected chi connectivity index (χ3v) is 1.85. The summed E-state index contributed by atoms with van der Waals surface area (Å²) in [6.07, 6.45) is 1.84. The molecule has 54 valence electrons. The van der Waals surface area contributed by atoms with Crippen molar-refractivity contribution in [2.75, 3.05) is 5.75 Å². The van der Waals surface area contributed by atoms with E-state index in [0.29, 0.717) is 0 Å². The molecule has 0 unspecified atom stereocenters. The van der Waals surface area contributed by atoms with Crippen molar-refractivity contribution in [3.8, 4) is 0 Å². The molecule has 0 spiro atoms. The second kappa shape index (κ2) is 3.46. The molecular weight excluding hydrogens is 146 g/mol. The van der Waals surface area contributed by atoms with E-state index in [0.717, 1.165) is 16.5 Å². The Hall–Kier alpha value is -0.700. The topological polar surface area (TPSA) is 26.0 Å². The molecule has 2 nitrogen and oxygen atoms in total. The highest BCUT2D eigenvalue weighted by Gasteiger charge is 1.97. The van der Waals surface area contributed by atoms with Crippen LogP contribution in [0.15, 0.2) is 28.3 Å². The molecule has 0 atom stereocenters. The van der Waals surface area contributed by atoms with Crippen LogP contribution in [-0.4, -0.2) is 10.9 Å². The van der Waals surface area contributed by atoms with E-state index in [9.17, 15) is 0 Å². The number of hydrogen-bond donors (Lipinski definition) is 0. The summed E-state index contributed by atoms with van der Waals surface area (Å²) in [5, 5.41) is 4.72. The molecule has 0 aliphatic carbocycles. The lowest BCUT2D eigenvalue weighted by Crippen LogP contribution is -1.69. The molecule has 0 N–H and O–H groups in total. The van der Waals surface area contributed by atoms with E-state index in [4.69, 9.17) is 4.52 Å². The summed E-state index contributed by atoms with van der Waals surface area (Å²) >= 11 is 1.62. The molecule has 1 rings (SSSR count). The average molecular weight is 155 g/mol. The second-order valence-corrected chi connectivity index (χ2v) is 2.92. The van der Waals surface area contributed by atoms with Crippen LogP contribution >= 0.6 is 11.8 Å². The molecule has 0 bridgehead atoms. The Bertz CT molecular complexity index is 219. The SMILES string of the molecule is C=CCSc1cc(C)on1. The van der Waals surface area contributed by atoms with Gasteiger partial charge in [0.15, 0.2) is 0 Å². The fourth-order valence-corrected chi connectivity index (χ4v) is 1.18. The van der Waals surface area contributed by atoms with Crippen LogP contribution in [0.5, 0.6) is 0 Å². The van der Waals surface area contributed by atoms with Crippen molar-refractivity contribution in [1.82, 2.24) is 5.16 Å². The van der Waals surface area contributed by atoms with Crippen LogP contribution in [0.4, 0.5) is 0 Å². The van der Waals surface area contributed by atoms with Gasteiger partial charge in [0.1, 0.15) is 10.8 Å². The van der Waals surface area contributed by atoms with Gasteiger partial charge in [-0.2, -0.15) is 0 Å². The minimum atomic E-state index is 0.853. The maximum Gasteiger partial charge on any atom is 0.140 e. The Morgan fingerprint density at radius 2 is 2.70 bits per heavy atom. The van der Waals surface area contributed by atoms with Crippen molar-refractivity contribution in [2.24, 2.45) is 0 Å². The highest BCUT2D eigenvalue weighted by Crippen LogP contribution is 2.16. The van der Waals surface area contributed by atoms with E-state index in [-0.39, 0.29) is 0 Å². The van der Waals surface area contributed by atoms with Crippen molar-refractivity contribution in [3.05, 3.63) is 24.5 Å². The molecule has 10 heavy (non-hydrogen) atoms. The molecule has 0 aliphatic heterocycles. The minimum Gasteiger partial charge on any atom is -0.361 e. The number of hydrogen-bond acceptors (Lipinski definition) is 3. The van der Waals surface area contributed by atoms with Crippen LogP contribution in [0.25, 0.3) is 0 Å². The molecule has 0 radical (unpaired) electrons. The van der Waals surface area contributed by atoms with E-state index >= 15 is 0 Å². The van der Waals surface area contributed by atoms with Gasteiger partial charge in [0, 0.05) is 11.8 Å². The Morgan fingerprint density at radius 3 is 3.20 bits per heavy atom. The highest BCUT2D eigenvalue weighted by atomic mass is 32.2. The summed E-state index contributed by atoms with van der Waals surface area (Å²) in [5.74, 6) is 1.73. The molecule has 1 aromatic rings. The molecule has 3 heteroatoms. The summed E-state index contributed by atoms with van der Waals surface area (Å²) in [6.45, 7) is 5.48. The Morgan fingerprint density at radius 1 is 1.90 bits per heavy atom. The molecule has 0 aliphatic rings. The van der Waals surface area contributed by atoms with Crippen molar-refractivity contribution in [1.29, 1.82) is 0 Å². The normalized spacial score (nSPS) is 9.70. The number of aromatic nitrogens is 1. The first-order chi connectivity index (χ1) is 4.83. The summed E-state index contributed by atoms with van der Waals surface area (Å²) in [6, 6.07) is 1.91. The van der Waals surface area contributed by atoms with Crippen molar-refractivity contribution in [3.63, 3.8) is 0 Å². The lowest BCUT2D eigenvalue weighted by Gasteiger charge is -1.84. The van der Waals surface area contributed by atoms with E-state index < -0.39 is 0 Å². The summed E-state index contributed by atoms with van der Waals surface area (Å²) < 4.78 is 4.86. The monoisotopic (exact) mass is 155 g/mol. The van der Waals surface area contributed by atoms with Crippen LogP contribution < -0.4 is 0 Å². The molecular formula is C7H9NOS. The standard InChI is InChI=1S/C7H9NOS/c1-3-4-10-7-5-6(2)9-8-7/h3,5H,1,4H2,2H3. The number of rotatable bonds is 3. The van der Waals surface area contributed by atoms with Crippen LogP contribution in [-0.2, 0) is 0 Å². The first-order valence-electron chi connectivity index (χ1n) is 3.00. The molecule has 0 amide bonds. The first-order valence-corrected chi connectivity index (χ1v) is 3.98. The minimum absolute atomic E-state index is 0.853. The van der Waals surface area contributed by atoms with E-state index in [1.54, 1.807) is 11.8 Å². The maximum absolute atomic E-state index is 4.86. The predicted molar refractivity (Wildman–Crippen MR) is 42.2 cm³/mol. The van der Waals surface area contributed by atoms with Gasteiger partial charge in [-0.3, -0.25) is 0 Å². The molecule has 1 heterocycles. The Labute approximate surface area is 64.3 Å². The van der Waals surface area contributed by atoms with E-state index in [1.807, 2.05) is 19.1 Å². The van der Waals surface area contributed by atoms with E-state index in [2.05, 4.69) is 11.7 Å². The van der Waals surface area contributed by atoms with Crippen molar-refractivity contribution < 1.29 is 4.52 Å². The molecule has 0 fully saturated rings. The lowest BCUT2D eigenvalue weighted by atomic mass is 10.5.